The Balaban J connectivity index is 2.45. The number of hydrogen-bond acceptors (Lipinski definition) is 0. The first kappa shape index (κ1) is 11.5. The van der Waals surface area contributed by atoms with Gasteiger partial charge in [-0.3, -0.25) is 0 Å². The lowest BCUT2D eigenvalue weighted by molar-refractivity contribution is 0.559. The van der Waals surface area contributed by atoms with Crippen molar-refractivity contribution in [2.45, 2.75) is 31.1 Å². The molecule has 2 heteroatoms. The number of benzene rings is 1. The van der Waals surface area contributed by atoms with Crippen molar-refractivity contribution in [1.29, 1.82) is 0 Å². The summed E-state index contributed by atoms with van der Waals surface area (Å²) in [6, 6.07) is 8.26. The molecule has 0 unspecified atom stereocenters. The summed E-state index contributed by atoms with van der Waals surface area (Å²) >= 11 is 8.60. The van der Waals surface area contributed by atoms with E-state index in [4.69, 9.17) is 11.6 Å². The number of allylic oxidation sites excluding steroid dienone is 1. The van der Waals surface area contributed by atoms with Crippen LogP contribution in [0.3, 0.4) is 0 Å². The van der Waals surface area contributed by atoms with Crippen molar-refractivity contribution in [3.05, 3.63) is 45.0 Å². The molecule has 0 atom stereocenters. The largest absolute Gasteiger partial charge is 0.0840 e. The standard InChI is InChI=1S/C13H14ClI/c14-12-6-2-1-5-11(12)13(9-10-15)7-3-4-8-13/h1-2,5-6,9-10H,3-4,7-8H2/b10-9+. The van der Waals surface area contributed by atoms with Crippen LogP contribution >= 0.6 is 34.2 Å². The zero-order valence-corrected chi connectivity index (χ0v) is 11.5. The Morgan fingerprint density at radius 3 is 2.47 bits per heavy atom. The summed E-state index contributed by atoms with van der Waals surface area (Å²) in [5.41, 5.74) is 1.51. The van der Waals surface area contributed by atoms with E-state index in [1.807, 2.05) is 12.1 Å². The molecule has 0 amide bonds. The Kier molecular flexibility index (Phi) is 3.73. The molecular formula is C13H14ClI. The summed E-state index contributed by atoms with van der Waals surface area (Å²) in [6.07, 6.45) is 7.41. The molecule has 1 aromatic carbocycles. The topological polar surface area (TPSA) is 0 Å². The molecule has 0 N–H and O–H groups in total. The van der Waals surface area contributed by atoms with Gasteiger partial charge in [-0.15, -0.1) is 0 Å². The zero-order chi connectivity index (χ0) is 10.7. The Bertz CT molecular complexity index is 365. The Labute approximate surface area is 110 Å². The lowest BCUT2D eigenvalue weighted by Crippen LogP contribution is -2.19. The SMILES string of the molecule is Clc1ccccc1C1(/C=C/I)CCCC1. The van der Waals surface area contributed by atoms with Crippen molar-refractivity contribution < 1.29 is 0 Å². The van der Waals surface area contributed by atoms with E-state index >= 15 is 0 Å². The fraction of sp³-hybridized carbons (Fsp3) is 0.385. The number of rotatable bonds is 2. The van der Waals surface area contributed by atoms with Crippen LogP contribution in [0.4, 0.5) is 0 Å². The van der Waals surface area contributed by atoms with Crippen molar-refractivity contribution in [2.75, 3.05) is 0 Å². The van der Waals surface area contributed by atoms with Crippen LogP contribution in [-0.2, 0) is 5.41 Å². The van der Waals surface area contributed by atoms with Crippen LogP contribution in [0.5, 0.6) is 0 Å². The molecule has 15 heavy (non-hydrogen) atoms. The summed E-state index contributed by atoms with van der Waals surface area (Å²) in [7, 11) is 0. The monoisotopic (exact) mass is 332 g/mol. The van der Waals surface area contributed by atoms with Crippen molar-refractivity contribution >= 4 is 34.2 Å². The molecule has 0 saturated heterocycles. The molecule has 0 aliphatic heterocycles. The third kappa shape index (κ3) is 2.23. The molecule has 1 fully saturated rings. The minimum atomic E-state index is 0.208. The van der Waals surface area contributed by atoms with Gasteiger partial charge in [-0.1, -0.05) is 71.3 Å². The van der Waals surface area contributed by atoms with Crippen molar-refractivity contribution in [2.24, 2.45) is 0 Å². The quantitative estimate of drug-likeness (QED) is 0.661. The van der Waals surface area contributed by atoms with Gasteiger partial charge in [0.2, 0.25) is 0 Å². The first-order valence-electron chi connectivity index (χ1n) is 5.31. The average molecular weight is 333 g/mol. The first-order chi connectivity index (χ1) is 7.28. The maximum atomic E-state index is 6.29. The Morgan fingerprint density at radius 1 is 1.20 bits per heavy atom. The summed E-state index contributed by atoms with van der Waals surface area (Å²) in [6.45, 7) is 0. The molecule has 1 saturated carbocycles. The molecule has 0 heterocycles. The van der Waals surface area contributed by atoms with Crippen LogP contribution in [0, 0.1) is 0 Å². The van der Waals surface area contributed by atoms with Crippen molar-refractivity contribution in [1.82, 2.24) is 0 Å². The summed E-state index contributed by atoms with van der Waals surface area (Å²) in [5.74, 6) is 0. The molecule has 0 bridgehead atoms. The van der Waals surface area contributed by atoms with Crippen LogP contribution in [0.2, 0.25) is 5.02 Å². The molecule has 80 valence electrons. The van der Waals surface area contributed by atoms with Gasteiger partial charge in [0.1, 0.15) is 0 Å². The van der Waals surface area contributed by atoms with Crippen LogP contribution < -0.4 is 0 Å². The molecular weight excluding hydrogens is 319 g/mol. The van der Waals surface area contributed by atoms with E-state index in [0.717, 1.165) is 5.02 Å². The highest BCUT2D eigenvalue weighted by Gasteiger charge is 2.34. The van der Waals surface area contributed by atoms with Gasteiger partial charge in [0.15, 0.2) is 0 Å². The van der Waals surface area contributed by atoms with E-state index in [-0.39, 0.29) is 5.41 Å². The van der Waals surface area contributed by atoms with Gasteiger partial charge < -0.3 is 0 Å². The molecule has 0 nitrogen and oxygen atoms in total. The minimum Gasteiger partial charge on any atom is -0.0840 e. The van der Waals surface area contributed by atoms with Gasteiger partial charge in [-0.2, -0.15) is 0 Å². The van der Waals surface area contributed by atoms with E-state index in [2.05, 4.69) is 44.9 Å². The fourth-order valence-electron chi connectivity index (χ4n) is 2.52. The predicted octanol–water partition coefficient (Wildman–Crippen LogP) is 5.10. The summed E-state index contributed by atoms with van der Waals surface area (Å²) in [4.78, 5) is 0. The maximum Gasteiger partial charge on any atom is 0.0446 e. The maximum absolute atomic E-state index is 6.29. The van der Waals surface area contributed by atoms with Gasteiger partial charge in [-0.25, -0.2) is 0 Å². The second-order valence-corrected chi connectivity index (χ2v) is 5.26. The minimum absolute atomic E-state index is 0.208. The second-order valence-electron chi connectivity index (χ2n) is 4.14. The third-order valence-electron chi connectivity index (χ3n) is 3.29. The summed E-state index contributed by atoms with van der Waals surface area (Å²) in [5, 5.41) is 0.911. The van der Waals surface area contributed by atoms with E-state index in [0.29, 0.717) is 0 Å². The van der Waals surface area contributed by atoms with Gasteiger partial charge in [0.05, 0.1) is 0 Å². The lowest BCUT2D eigenvalue weighted by Gasteiger charge is -2.26. The van der Waals surface area contributed by atoms with Gasteiger partial charge in [0, 0.05) is 10.4 Å². The van der Waals surface area contributed by atoms with E-state index < -0.39 is 0 Å². The Hall–Kier alpha value is -0.0200. The van der Waals surface area contributed by atoms with E-state index in [9.17, 15) is 0 Å². The highest BCUT2D eigenvalue weighted by molar-refractivity contribution is 14.1. The lowest BCUT2D eigenvalue weighted by atomic mass is 9.79. The van der Waals surface area contributed by atoms with Crippen LogP contribution in [0.25, 0.3) is 0 Å². The highest BCUT2D eigenvalue weighted by atomic mass is 127. The highest BCUT2D eigenvalue weighted by Crippen LogP contribution is 2.44. The number of hydrogen-bond donors (Lipinski definition) is 0. The van der Waals surface area contributed by atoms with Crippen molar-refractivity contribution in [3.8, 4) is 0 Å². The van der Waals surface area contributed by atoms with Crippen LogP contribution in [0.1, 0.15) is 31.2 Å². The fourth-order valence-corrected chi connectivity index (χ4v) is 3.53. The molecule has 1 aliphatic rings. The van der Waals surface area contributed by atoms with E-state index in [1.165, 1.54) is 31.2 Å². The molecule has 2 rings (SSSR count). The Morgan fingerprint density at radius 2 is 1.87 bits per heavy atom. The molecule has 1 aromatic rings. The normalized spacial score (nSPS) is 19.9. The zero-order valence-electron chi connectivity index (χ0n) is 8.55. The van der Waals surface area contributed by atoms with Gasteiger partial charge >= 0.3 is 0 Å². The van der Waals surface area contributed by atoms with Gasteiger partial charge in [0.25, 0.3) is 0 Å². The van der Waals surface area contributed by atoms with Crippen LogP contribution in [0.15, 0.2) is 34.4 Å². The van der Waals surface area contributed by atoms with Crippen LogP contribution in [-0.4, -0.2) is 0 Å². The molecule has 0 aromatic heterocycles. The first-order valence-corrected chi connectivity index (χ1v) is 6.94. The molecule has 0 radical (unpaired) electrons. The second kappa shape index (κ2) is 4.88. The van der Waals surface area contributed by atoms with Crippen molar-refractivity contribution in [3.63, 3.8) is 0 Å². The number of halogens is 2. The van der Waals surface area contributed by atoms with Gasteiger partial charge in [-0.05, 0) is 28.6 Å². The molecule has 0 spiro atoms. The summed E-state index contributed by atoms with van der Waals surface area (Å²) < 4.78 is 2.13. The average Bonchev–Trinajstić information content (AvgIpc) is 2.69. The third-order valence-corrected chi connectivity index (χ3v) is 3.98. The van der Waals surface area contributed by atoms with E-state index in [1.54, 1.807) is 0 Å². The molecule has 1 aliphatic carbocycles. The predicted molar refractivity (Wildman–Crippen MR) is 74.8 cm³/mol. The smallest absolute Gasteiger partial charge is 0.0446 e.